The summed E-state index contributed by atoms with van der Waals surface area (Å²) in [7, 11) is -4.01. The number of anilines is 1. The number of amides is 1. The molecule has 0 bridgehead atoms. The second-order valence-corrected chi connectivity index (χ2v) is 10.4. The van der Waals surface area contributed by atoms with Crippen LogP contribution in [-0.4, -0.2) is 40.6 Å². The molecule has 4 rings (SSSR count). The van der Waals surface area contributed by atoms with Crippen LogP contribution in [0.4, 0.5) is 11.4 Å². The van der Waals surface area contributed by atoms with E-state index in [-0.39, 0.29) is 33.2 Å². The number of hydrogen-bond acceptors (Lipinski definition) is 9. The van der Waals surface area contributed by atoms with Gasteiger partial charge >= 0.3 is 5.97 Å². The van der Waals surface area contributed by atoms with Crippen molar-refractivity contribution in [2.75, 3.05) is 5.01 Å². The lowest BCUT2D eigenvalue weighted by Crippen LogP contribution is -2.27. The van der Waals surface area contributed by atoms with Crippen LogP contribution in [0.25, 0.3) is 10.9 Å². The summed E-state index contributed by atoms with van der Waals surface area (Å²) in [6.07, 6.45) is 1.83. The van der Waals surface area contributed by atoms with Gasteiger partial charge in [0.25, 0.3) is 15.7 Å². The molecule has 1 atom stereocenters. The van der Waals surface area contributed by atoms with Crippen molar-refractivity contribution in [2.24, 2.45) is 11.0 Å². The Labute approximate surface area is 223 Å². The summed E-state index contributed by atoms with van der Waals surface area (Å²) in [5.41, 5.74) is 1.47. The number of nitrogens with zero attached hydrogens (tertiary/aromatic N) is 5. The molecule has 0 spiro atoms. The fraction of sp³-hybridized carbons (Fsp3) is 0.154. The number of fused-ring (bicyclic) bond motifs is 1. The molecule has 0 aliphatic heterocycles. The topological polar surface area (TPSA) is 154 Å². The van der Waals surface area contributed by atoms with Crippen molar-refractivity contribution in [3.8, 4) is 5.75 Å². The van der Waals surface area contributed by atoms with E-state index in [4.69, 9.17) is 4.74 Å². The first-order chi connectivity index (χ1) is 18.5. The lowest BCUT2D eigenvalue weighted by atomic mass is 10.1. The molecule has 200 valence electrons. The lowest BCUT2D eigenvalue weighted by molar-refractivity contribution is -0.384. The van der Waals surface area contributed by atoms with E-state index >= 15 is 0 Å². The Morgan fingerprint density at radius 3 is 2.41 bits per heavy atom. The zero-order valence-electron chi connectivity index (χ0n) is 21.1. The quantitative estimate of drug-likeness (QED) is 0.0756. The summed E-state index contributed by atoms with van der Waals surface area (Å²) in [5, 5.41) is 20.6. The summed E-state index contributed by atoms with van der Waals surface area (Å²) in [6, 6.07) is 16.0. The predicted octanol–water partition coefficient (Wildman–Crippen LogP) is 4.07. The number of nitro benzene ring substituents is 1. The highest BCUT2D eigenvalue weighted by Crippen LogP contribution is 2.26. The number of aromatic nitrogens is 2. The van der Waals surface area contributed by atoms with Gasteiger partial charge in [-0.25, -0.2) is 5.01 Å². The number of hydrazone groups is 1. The molecule has 13 heteroatoms. The monoisotopic (exact) mass is 549 g/mol. The van der Waals surface area contributed by atoms with Crippen molar-refractivity contribution in [1.29, 1.82) is 0 Å². The fourth-order valence-electron chi connectivity index (χ4n) is 3.54. The van der Waals surface area contributed by atoms with Crippen LogP contribution in [0.1, 0.15) is 19.4 Å². The standard InChI is InChI=1S/C26H23N5O7S/c1-17-4-12-24(13-5-17)39(36,37)30-25-14-22(7-6-20(25)15-27-30)29(16-32)28-19(3)18(2)26(33)38-23-10-8-21(9-11-23)31(34)35/h4-16,18H,1-3H3/b28-19-. The number of ether oxygens (including phenoxy) is 1. The fourth-order valence-corrected chi connectivity index (χ4v) is 4.81. The largest absolute Gasteiger partial charge is 0.426 e. The van der Waals surface area contributed by atoms with Crippen LogP contribution in [0, 0.1) is 23.0 Å². The van der Waals surface area contributed by atoms with E-state index in [9.17, 15) is 28.1 Å². The average Bonchev–Trinajstić information content (AvgIpc) is 3.36. The van der Waals surface area contributed by atoms with Gasteiger partial charge in [-0.15, -0.1) is 0 Å². The van der Waals surface area contributed by atoms with E-state index in [0.717, 1.165) is 14.7 Å². The molecular formula is C26H23N5O7S. The molecule has 0 saturated heterocycles. The van der Waals surface area contributed by atoms with Crippen LogP contribution < -0.4 is 9.75 Å². The summed E-state index contributed by atoms with van der Waals surface area (Å²) in [4.78, 5) is 34.8. The second-order valence-electron chi connectivity index (χ2n) is 8.63. The number of benzene rings is 3. The molecule has 0 aliphatic rings. The molecular weight excluding hydrogens is 526 g/mol. The summed E-state index contributed by atoms with van der Waals surface area (Å²) >= 11 is 0. The second kappa shape index (κ2) is 10.8. The Morgan fingerprint density at radius 2 is 1.79 bits per heavy atom. The highest BCUT2D eigenvalue weighted by atomic mass is 32.2. The van der Waals surface area contributed by atoms with Crippen molar-refractivity contribution in [3.05, 3.63) is 88.6 Å². The summed E-state index contributed by atoms with van der Waals surface area (Å²) in [5.74, 6) is -1.45. The van der Waals surface area contributed by atoms with Gasteiger partial charge in [-0.05, 0) is 63.2 Å². The van der Waals surface area contributed by atoms with Gasteiger partial charge in [0.2, 0.25) is 6.41 Å². The van der Waals surface area contributed by atoms with E-state index in [0.29, 0.717) is 11.8 Å². The third-order valence-corrected chi connectivity index (χ3v) is 7.56. The van der Waals surface area contributed by atoms with Crippen molar-refractivity contribution in [2.45, 2.75) is 25.7 Å². The highest BCUT2D eigenvalue weighted by molar-refractivity contribution is 7.90. The highest BCUT2D eigenvalue weighted by Gasteiger charge is 2.23. The number of esters is 1. The molecule has 3 aromatic carbocycles. The van der Waals surface area contributed by atoms with Crippen LogP contribution >= 0.6 is 0 Å². The van der Waals surface area contributed by atoms with Gasteiger partial charge < -0.3 is 4.74 Å². The van der Waals surface area contributed by atoms with Crippen molar-refractivity contribution < 1.29 is 27.7 Å². The number of nitro groups is 1. The number of hydrogen-bond donors (Lipinski definition) is 0. The van der Waals surface area contributed by atoms with E-state index < -0.39 is 26.8 Å². The molecule has 1 heterocycles. The van der Waals surface area contributed by atoms with Crippen molar-refractivity contribution >= 4 is 50.4 Å². The van der Waals surface area contributed by atoms with E-state index in [1.807, 2.05) is 6.92 Å². The van der Waals surface area contributed by atoms with E-state index in [1.54, 1.807) is 24.3 Å². The first kappa shape index (κ1) is 27.1. The molecule has 1 amide bonds. The van der Waals surface area contributed by atoms with Crippen molar-refractivity contribution in [3.63, 3.8) is 0 Å². The molecule has 0 radical (unpaired) electrons. The molecule has 1 unspecified atom stereocenters. The van der Waals surface area contributed by atoms with Gasteiger partial charge in [0.15, 0.2) is 0 Å². The van der Waals surface area contributed by atoms with Gasteiger partial charge in [0, 0.05) is 23.2 Å². The maximum Gasteiger partial charge on any atom is 0.319 e. The van der Waals surface area contributed by atoms with E-state index in [1.165, 1.54) is 62.5 Å². The number of non-ortho nitro benzene ring substituents is 1. The Balaban J connectivity index is 1.59. The number of rotatable bonds is 9. The van der Waals surface area contributed by atoms with E-state index in [2.05, 4.69) is 10.2 Å². The van der Waals surface area contributed by atoms with Gasteiger partial charge in [-0.3, -0.25) is 19.7 Å². The van der Waals surface area contributed by atoms with Crippen LogP contribution in [0.3, 0.4) is 0 Å². The molecule has 0 aliphatic carbocycles. The first-order valence-corrected chi connectivity index (χ1v) is 13.0. The molecule has 0 fully saturated rings. The predicted molar refractivity (Wildman–Crippen MR) is 143 cm³/mol. The Morgan fingerprint density at radius 1 is 1.13 bits per heavy atom. The maximum atomic E-state index is 13.2. The Bertz CT molecular complexity index is 1700. The zero-order chi connectivity index (χ0) is 28.3. The minimum absolute atomic E-state index is 0.0602. The minimum atomic E-state index is -4.01. The minimum Gasteiger partial charge on any atom is -0.426 e. The third-order valence-electron chi connectivity index (χ3n) is 5.94. The van der Waals surface area contributed by atoms with Crippen molar-refractivity contribution in [1.82, 2.24) is 9.19 Å². The van der Waals surface area contributed by atoms with Crippen LogP contribution in [0.15, 0.2) is 82.9 Å². The van der Waals surface area contributed by atoms with Gasteiger partial charge in [0.05, 0.1) is 33.1 Å². The Hall–Kier alpha value is -4.91. The number of carbonyl (C=O) groups is 2. The third kappa shape index (κ3) is 5.67. The SMILES string of the molecule is C/C(=N/N(C=O)c1ccc2cnn(S(=O)(=O)c3ccc(C)cc3)c2c1)C(C)C(=O)Oc1ccc([N+](=O)[O-])cc1. The van der Waals surface area contributed by atoms with Crippen LogP contribution in [0.5, 0.6) is 5.75 Å². The molecule has 39 heavy (non-hydrogen) atoms. The molecule has 0 N–H and O–H groups in total. The average molecular weight is 550 g/mol. The molecule has 0 saturated carbocycles. The van der Waals surface area contributed by atoms with Gasteiger partial charge in [-0.2, -0.15) is 22.7 Å². The Kier molecular flexibility index (Phi) is 7.54. The molecule has 1 aromatic heterocycles. The number of aryl methyl sites for hydroxylation is 1. The summed E-state index contributed by atoms with van der Waals surface area (Å²) < 4.78 is 32.6. The van der Waals surface area contributed by atoms with Gasteiger partial charge in [-0.1, -0.05) is 17.7 Å². The number of carbonyl (C=O) groups excluding carboxylic acids is 2. The van der Waals surface area contributed by atoms with Crippen LogP contribution in [-0.2, 0) is 19.6 Å². The maximum absolute atomic E-state index is 13.2. The normalized spacial score (nSPS) is 12.6. The summed E-state index contributed by atoms with van der Waals surface area (Å²) in [6.45, 7) is 4.91. The molecule has 12 nitrogen and oxygen atoms in total. The lowest BCUT2D eigenvalue weighted by Gasteiger charge is -2.16. The smallest absolute Gasteiger partial charge is 0.319 e. The van der Waals surface area contributed by atoms with Gasteiger partial charge in [0.1, 0.15) is 5.75 Å². The van der Waals surface area contributed by atoms with Crippen LogP contribution in [0.2, 0.25) is 0 Å². The molecule has 4 aromatic rings. The first-order valence-electron chi connectivity index (χ1n) is 11.6. The zero-order valence-corrected chi connectivity index (χ0v) is 21.9.